The van der Waals surface area contributed by atoms with Crippen molar-refractivity contribution in [2.24, 2.45) is 11.1 Å². The molecule has 2 heteroatoms. The predicted molar refractivity (Wildman–Crippen MR) is 64.8 cm³/mol. The summed E-state index contributed by atoms with van der Waals surface area (Å²) in [5, 5.41) is 0. The average molecular weight is 210 g/mol. The molecule has 1 heterocycles. The number of hydrogen-bond acceptors (Lipinski definition) is 2. The Balaban J connectivity index is 2.03. The first-order valence-corrected chi connectivity index (χ1v) is 6.50. The van der Waals surface area contributed by atoms with Crippen LogP contribution in [-0.4, -0.2) is 29.6 Å². The minimum atomic E-state index is 0.107. The van der Waals surface area contributed by atoms with Crippen molar-refractivity contribution in [3.05, 3.63) is 0 Å². The zero-order valence-corrected chi connectivity index (χ0v) is 10.6. The SMILES string of the molecule is CC(C)N1CCC2(CCCC2(C)N)CC1. The lowest BCUT2D eigenvalue weighted by Crippen LogP contribution is -2.55. The minimum absolute atomic E-state index is 0.107. The van der Waals surface area contributed by atoms with Crippen LogP contribution in [0.5, 0.6) is 0 Å². The minimum Gasteiger partial charge on any atom is -0.325 e. The highest BCUT2D eigenvalue weighted by Gasteiger charge is 2.50. The van der Waals surface area contributed by atoms with Crippen LogP contribution in [0.3, 0.4) is 0 Å². The van der Waals surface area contributed by atoms with Gasteiger partial charge in [0.15, 0.2) is 0 Å². The molecule has 0 aromatic heterocycles. The van der Waals surface area contributed by atoms with Crippen molar-refractivity contribution in [3.63, 3.8) is 0 Å². The Morgan fingerprint density at radius 3 is 2.07 bits per heavy atom. The van der Waals surface area contributed by atoms with E-state index in [1.54, 1.807) is 0 Å². The number of piperidine rings is 1. The van der Waals surface area contributed by atoms with Crippen molar-refractivity contribution in [3.8, 4) is 0 Å². The van der Waals surface area contributed by atoms with Crippen LogP contribution in [0, 0.1) is 5.41 Å². The highest BCUT2D eigenvalue weighted by atomic mass is 15.2. The first-order chi connectivity index (χ1) is 6.97. The zero-order chi connectivity index (χ0) is 11.1. The van der Waals surface area contributed by atoms with Crippen LogP contribution >= 0.6 is 0 Å². The predicted octanol–water partition coefficient (Wildman–Crippen LogP) is 2.38. The van der Waals surface area contributed by atoms with Gasteiger partial charge in [-0.05, 0) is 65.0 Å². The molecule has 0 aromatic rings. The second-order valence-electron chi connectivity index (χ2n) is 6.18. The van der Waals surface area contributed by atoms with Crippen LogP contribution < -0.4 is 5.73 Å². The van der Waals surface area contributed by atoms with E-state index < -0.39 is 0 Å². The fraction of sp³-hybridized carbons (Fsp3) is 1.00. The Bertz CT molecular complexity index is 225. The number of likely N-dealkylation sites (tertiary alicyclic amines) is 1. The van der Waals surface area contributed by atoms with E-state index in [0.29, 0.717) is 11.5 Å². The summed E-state index contributed by atoms with van der Waals surface area (Å²) < 4.78 is 0. The molecule has 2 rings (SSSR count). The van der Waals surface area contributed by atoms with E-state index in [2.05, 4.69) is 25.7 Å². The van der Waals surface area contributed by atoms with E-state index >= 15 is 0 Å². The summed E-state index contributed by atoms with van der Waals surface area (Å²) in [7, 11) is 0. The van der Waals surface area contributed by atoms with Crippen molar-refractivity contribution < 1.29 is 0 Å². The van der Waals surface area contributed by atoms with Crippen LogP contribution in [0.15, 0.2) is 0 Å². The highest BCUT2D eigenvalue weighted by molar-refractivity contribution is 5.06. The summed E-state index contributed by atoms with van der Waals surface area (Å²) in [6, 6.07) is 0.702. The van der Waals surface area contributed by atoms with Crippen molar-refractivity contribution in [2.45, 2.75) is 64.5 Å². The van der Waals surface area contributed by atoms with E-state index in [4.69, 9.17) is 5.73 Å². The third kappa shape index (κ3) is 1.83. The molecule has 1 atom stereocenters. The van der Waals surface area contributed by atoms with Gasteiger partial charge >= 0.3 is 0 Å². The maximum Gasteiger partial charge on any atom is 0.0183 e. The molecule has 2 N–H and O–H groups in total. The Morgan fingerprint density at radius 2 is 1.67 bits per heavy atom. The fourth-order valence-electron chi connectivity index (χ4n) is 3.63. The Labute approximate surface area is 94.2 Å². The van der Waals surface area contributed by atoms with Gasteiger partial charge < -0.3 is 10.6 Å². The molecule has 0 bridgehead atoms. The number of hydrogen-bond donors (Lipinski definition) is 1. The smallest absolute Gasteiger partial charge is 0.0183 e. The second-order valence-corrected chi connectivity index (χ2v) is 6.18. The summed E-state index contributed by atoms with van der Waals surface area (Å²) in [6.07, 6.45) is 6.58. The molecule has 1 unspecified atom stereocenters. The maximum absolute atomic E-state index is 6.49. The Hall–Kier alpha value is -0.0800. The standard InChI is InChI=1S/C13H26N2/c1-11(2)15-9-7-13(8-10-15)6-4-5-12(13,3)14/h11H,4-10,14H2,1-3H3. The Morgan fingerprint density at radius 1 is 1.07 bits per heavy atom. The summed E-state index contributed by atoms with van der Waals surface area (Å²) in [5.41, 5.74) is 7.07. The molecule has 2 aliphatic rings. The number of nitrogens with zero attached hydrogens (tertiary/aromatic N) is 1. The summed E-state index contributed by atoms with van der Waals surface area (Å²) in [6.45, 7) is 9.39. The molecule has 1 saturated carbocycles. The number of rotatable bonds is 1. The molecule has 1 saturated heterocycles. The van der Waals surface area contributed by atoms with E-state index in [1.165, 1.54) is 45.2 Å². The molecule has 1 spiro atoms. The highest BCUT2D eigenvalue weighted by Crippen LogP contribution is 2.51. The molecule has 1 aliphatic carbocycles. The van der Waals surface area contributed by atoms with Gasteiger partial charge in [0.25, 0.3) is 0 Å². The average Bonchev–Trinajstić information content (AvgIpc) is 2.43. The van der Waals surface area contributed by atoms with Crippen LogP contribution in [0.4, 0.5) is 0 Å². The molecule has 88 valence electrons. The third-order valence-electron chi connectivity index (χ3n) is 5.05. The van der Waals surface area contributed by atoms with E-state index in [9.17, 15) is 0 Å². The van der Waals surface area contributed by atoms with Gasteiger partial charge in [-0.25, -0.2) is 0 Å². The van der Waals surface area contributed by atoms with Crippen molar-refractivity contribution in [2.75, 3.05) is 13.1 Å². The van der Waals surface area contributed by atoms with Gasteiger partial charge in [-0.1, -0.05) is 6.42 Å². The van der Waals surface area contributed by atoms with E-state index in [-0.39, 0.29) is 5.54 Å². The zero-order valence-electron chi connectivity index (χ0n) is 10.6. The monoisotopic (exact) mass is 210 g/mol. The quantitative estimate of drug-likeness (QED) is 0.720. The van der Waals surface area contributed by atoms with Crippen LogP contribution in [0.25, 0.3) is 0 Å². The lowest BCUT2D eigenvalue weighted by atomic mass is 9.67. The van der Waals surface area contributed by atoms with Gasteiger partial charge in [0, 0.05) is 11.6 Å². The third-order valence-corrected chi connectivity index (χ3v) is 5.05. The van der Waals surface area contributed by atoms with E-state index in [1.807, 2.05) is 0 Å². The molecule has 0 radical (unpaired) electrons. The molecule has 2 nitrogen and oxygen atoms in total. The lowest BCUT2D eigenvalue weighted by Gasteiger charge is -2.48. The fourth-order valence-corrected chi connectivity index (χ4v) is 3.63. The maximum atomic E-state index is 6.49. The Kier molecular flexibility index (Phi) is 2.85. The molecule has 15 heavy (non-hydrogen) atoms. The summed E-state index contributed by atoms with van der Waals surface area (Å²) >= 11 is 0. The van der Waals surface area contributed by atoms with Crippen molar-refractivity contribution in [1.82, 2.24) is 4.90 Å². The molecular weight excluding hydrogens is 184 g/mol. The van der Waals surface area contributed by atoms with Gasteiger partial charge in [0.2, 0.25) is 0 Å². The summed E-state index contributed by atoms with van der Waals surface area (Å²) in [5.74, 6) is 0. The van der Waals surface area contributed by atoms with Gasteiger partial charge in [0.05, 0.1) is 0 Å². The molecule has 1 aliphatic heterocycles. The van der Waals surface area contributed by atoms with Crippen molar-refractivity contribution in [1.29, 1.82) is 0 Å². The van der Waals surface area contributed by atoms with Crippen LogP contribution in [0.2, 0.25) is 0 Å². The van der Waals surface area contributed by atoms with Crippen molar-refractivity contribution >= 4 is 0 Å². The van der Waals surface area contributed by atoms with Gasteiger partial charge in [-0.3, -0.25) is 0 Å². The second kappa shape index (κ2) is 3.74. The van der Waals surface area contributed by atoms with Crippen LogP contribution in [-0.2, 0) is 0 Å². The topological polar surface area (TPSA) is 29.3 Å². The number of nitrogens with two attached hydrogens (primary N) is 1. The molecule has 0 amide bonds. The summed E-state index contributed by atoms with van der Waals surface area (Å²) in [4.78, 5) is 2.60. The van der Waals surface area contributed by atoms with Gasteiger partial charge in [-0.15, -0.1) is 0 Å². The largest absolute Gasteiger partial charge is 0.325 e. The molecule has 2 fully saturated rings. The lowest BCUT2D eigenvalue weighted by molar-refractivity contribution is 0.0443. The first kappa shape index (κ1) is 11.4. The van der Waals surface area contributed by atoms with Gasteiger partial charge in [0.1, 0.15) is 0 Å². The molecular formula is C13H26N2. The van der Waals surface area contributed by atoms with Crippen LogP contribution in [0.1, 0.15) is 52.9 Å². The molecule has 0 aromatic carbocycles. The normalized spacial score (nSPS) is 36.6. The van der Waals surface area contributed by atoms with E-state index in [0.717, 1.165) is 0 Å². The first-order valence-electron chi connectivity index (χ1n) is 6.50. The van der Waals surface area contributed by atoms with Gasteiger partial charge in [-0.2, -0.15) is 0 Å².